The normalized spacial score (nSPS) is 10.7. The first kappa shape index (κ1) is 20.6. The van der Waals surface area contributed by atoms with Gasteiger partial charge in [-0.25, -0.2) is 4.79 Å². The van der Waals surface area contributed by atoms with Gasteiger partial charge in [-0.1, -0.05) is 78.9 Å². The minimum atomic E-state index is -0.911. The molecule has 0 aromatic heterocycles. The molecule has 0 amide bonds. The average Bonchev–Trinajstić information content (AvgIpc) is 2.81. The molecular weight excluding hydrogens is 382 g/mol. The molecule has 0 heterocycles. The standard InChI is InChI=1S/C28H25NO2/c1-20-12-13-21(16-26(20)23-8-4-2-5-9-23)18-29-19-22-14-15-25(28(30)31)27(17-22)24-10-6-3-7-11-24/h2-17,29H,18-19H2,1H3,(H,30,31). The molecular formula is C28H25NO2. The van der Waals surface area contributed by atoms with Crippen LogP contribution in [0.15, 0.2) is 97.1 Å². The number of carbonyl (C=O) groups is 1. The first-order chi connectivity index (χ1) is 15.1. The summed E-state index contributed by atoms with van der Waals surface area (Å²) < 4.78 is 0. The summed E-state index contributed by atoms with van der Waals surface area (Å²) >= 11 is 0. The molecule has 4 aromatic carbocycles. The van der Waals surface area contributed by atoms with Crippen LogP contribution in [0.3, 0.4) is 0 Å². The Balaban J connectivity index is 1.50. The molecule has 4 aromatic rings. The molecule has 0 fully saturated rings. The van der Waals surface area contributed by atoms with Crippen LogP contribution in [0.5, 0.6) is 0 Å². The number of hydrogen-bond donors (Lipinski definition) is 2. The van der Waals surface area contributed by atoms with Crippen molar-refractivity contribution in [1.29, 1.82) is 0 Å². The summed E-state index contributed by atoms with van der Waals surface area (Å²) in [6.45, 7) is 3.53. The van der Waals surface area contributed by atoms with Crippen molar-refractivity contribution < 1.29 is 9.90 Å². The Morgan fingerprint density at radius 1 is 0.710 bits per heavy atom. The Kier molecular flexibility index (Phi) is 6.25. The number of nitrogens with one attached hydrogen (secondary N) is 1. The van der Waals surface area contributed by atoms with Crippen LogP contribution in [0.25, 0.3) is 22.3 Å². The van der Waals surface area contributed by atoms with Gasteiger partial charge in [0, 0.05) is 13.1 Å². The molecule has 0 aliphatic carbocycles. The summed E-state index contributed by atoms with van der Waals surface area (Å²) in [6.07, 6.45) is 0. The molecule has 154 valence electrons. The fraction of sp³-hybridized carbons (Fsp3) is 0.107. The highest BCUT2D eigenvalue weighted by Crippen LogP contribution is 2.26. The van der Waals surface area contributed by atoms with E-state index in [9.17, 15) is 9.90 Å². The van der Waals surface area contributed by atoms with Gasteiger partial charge in [-0.15, -0.1) is 0 Å². The van der Waals surface area contributed by atoms with Crippen LogP contribution in [-0.2, 0) is 13.1 Å². The number of aromatic carboxylic acids is 1. The van der Waals surface area contributed by atoms with Gasteiger partial charge in [0.15, 0.2) is 0 Å². The molecule has 0 aliphatic rings. The van der Waals surface area contributed by atoms with E-state index in [-0.39, 0.29) is 0 Å². The van der Waals surface area contributed by atoms with E-state index >= 15 is 0 Å². The van der Waals surface area contributed by atoms with Crippen LogP contribution in [0.4, 0.5) is 0 Å². The highest BCUT2D eigenvalue weighted by molar-refractivity contribution is 5.96. The number of rotatable bonds is 7. The predicted molar refractivity (Wildman–Crippen MR) is 126 cm³/mol. The maximum atomic E-state index is 11.7. The Morgan fingerprint density at radius 2 is 1.23 bits per heavy atom. The number of hydrogen-bond acceptors (Lipinski definition) is 2. The van der Waals surface area contributed by atoms with Crippen LogP contribution < -0.4 is 5.32 Å². The monoisotopic (exact) mass is 407 g/mol. The minimum absolute atomic E-state index is 0.320. The zero-order valence-electron chi connectivity index (χ0n) is 17.5. The topological polar surface area (TPSA) is 49.3 Å². The Hall–Kier alpha value is -3.69. The second kappa shape index (κ2) is 9.41. The van der Waals surface area contributed by atoms with Crippen LogP contribution in [0, 0.1) is 6.92 Å². The second-order valence-corrected chi connectivity index (χ2v) is 7.67. The summed E-state index contributed by atoms with van der Waals surface area (Å²) in [5.41, 5.74) is 7.97. The van der Waals surface area contributed by atoms with Gasteiger partial charge in [-0.2, -0.15) is 0 Å². The maximum absolute atomic E-state index is 11.7. The van der Waals surface area contributed by atoms with Crippen molar-refractivity contribution in [1.82, 2.24) is 5.32 Å². The zero-order chi connectivity index (χ0) is 21.6. The molecule has 0 saturated carbocycles. The van der Waals surface area contributed by atoms with E-state index in [1.165, 1.54) is 22.3 Å². The smallest absolute Gasteiger partial charge is 0.336 e. The Bertz CT molecular complexity index is 1180. The Morgan fingerprint density at radius 3 is 1.81 bits per heavy atom. The summed E-state index contributed by atoms with van der Waals surface area (Å²) in [5, 5.41) is 13.1. The molecule has 0 unspecified atom stereocenters. The molecule has 0 aliphatic heterocycles. The first-order valence-electron chi connectivity index (χ1n) is 10.4. The van der Waals surface area contributed by atoms with Crippen molar-refractivity contribution in [3.63, 3.8) is 0 Å². The first-order valence-corrected chi connectivity index (χ1v) is 10.4. The van der Waals surface area contributed by atoms with Crippen LogP contribution in [0.2, 0.25) is 0 Å². The summed E-state index contributed by atoms with van der Waals surface area (Å²) in [6, 6.07) is 32.2. The van der Waals surface area contributed by atoms with E-state index in [2.05, 4.69) is 54.7 Å². The van der Waals surface area contributed by atoms with E-state index < -0.39 is 5.97 Å². The van der Waals surface area contributed by atoms with Gasteiger partial charge in [-0.05, 0) is 64.1 Å². The number of benzene rings is 4. The van der Waals surface area contributed by atoms with E-state index in [4.69, 9.17) is 0 Å². The van der Waals surface area contributed by atoms with Gasteiger partial charge in [0.1, 0.15) is 0 Å². The summed E-state index contributed by atoms with van der Waals surface area (Å²) in [4.78, 5) is 11.7. The van der Waals surface area contributed by atoms with E-state index in [1.54, 1.807) is 6.07 Å². The highest BCUT2D eigenvalue weighted by Gasteiger charge is 2.12. The van der Waals surface area contributed by atoms with Crippen molar-refractivity contribution >= 4 is 5.97 Å². The van der Waals surface area contributed by atoms with Gasteiger partial charge in [0.25, 0.3) is 0 Å². The molecule has 31 heavy (non-hydrogen) atoms. The lowest BCUT2D eigenvalue weighted by molar-refractivity contribution is 0.0697. The van der Waals surface area contributed by atoms with Crippen molar-refractivity contribution in [2.45, 2.75) is 20.0 Å². The third-order valence-electron chi connectivity index (χ3n) is 5.44. The van der Waals surface area contributed by atoms with Gasteiger partial charge >= 0.3 is 5.97 Å². The van der Waals surface area contributed by atoms with Gasteiger partial charge in [0.05, 0.1) is 5.56 Å². The summed E-state index contributed by atoms with van der Waals surface area (Å²) in [7, 11) is 0. The lowest BCUT2D eigenvalue weighted by Crippen LogP contribution is -2.13. The molecule has 0 spiro atoms. The number of aryl methyl sites for hydroxylation is 1. The van der Waals surface area contributed by atoms with Gasteiger partial charge in [0.2, 0.25) is 0 Å². The fourth-order valence-corrected chi connectivity index (χ4v) is 3.80. The predicted octanol–water partition coefficient (Wildman–Crippen LogP) is 6.32. The van der Waals surface area contributed by atoms with Crippen molar-refractivity contribution in [2.24, 2.45) is 0 Å². The lowest BCUT2D eigenvalue weighted by atomic mass is 9.97. The number of carboxylic acids is 1. The molecule has 4 rings (SSSR count). The van der Waals surface area contributed by atoms with Crippen molar-refractivity contribution in [3.8, 4) is 22.3 Å². The van der Waals surface area contributed by atoms with Crippen molar-refractivity contribution in [2.75, 3.05) is 0 Å². The van der Waals surface area contributed by atoms with E-state index in [0.717, 1.165) is 23.2 Å². The molecule has 2 N–H and O–H groups in total. The number of carboxylic acid groups (broad SMARTS) is 1. The average molecular weight is 408 g/mol. The molecule has 0 atom stereocenters. The quantitative estimate of drug-likeness (QED) is 0.377. The molecule has 0 radical (unpaired) electrons. The highest BCUT2D eigenvalue weighted by atomic mass is 16.4. The second-order valence-electron chi connectivity index (χ2n) is 7.67. The van der Waals surface area contributed by atoms with E-state index in [1.807, 2.05) is 48.5 Å². The fourth-order valence-electron chi connectivity index (χ4n) is 3.80. The van der Waals surface area contributed by atoms with Gasteiger partial charge in [-0.3, -0.25) is 0 Å². The van der Waals surface area contributed by atoms with E-state index in [0.29, 0.717) is 12.1 Å². The van der Waals surface area contributed by atoms with Crippen LogP contribution >= 0.6 is 0 Å². The van der Waals surface area contributed by atoms with Crippen molar-refractivity contribution in [3.05, 3.63) is 119 Å². The molecule has 0 bridgehead atoms. The third-order valence-corrected chi connectivity index (χ3v) is 5.44. The van der Waals surface area contributed by atoms with Crippen LogP contribution in [0.1, 0.15) is 27.0 Å². The lowest BCUT2D eigenvalue weighted by Gasteiger charge is -2.12. The molecule has 3 nitrogen and oxygen atoms in total. The zero-order valence-corrected chi connectivity index (χ0v) is 17.5. The Labute approximate surface area is 183 Å². The van der Waals surface area contributed by atoms with Gasteiger partial charge < -0.3 is 10.4 Å². The SMILES string of the molecule is Cc1ccc(CNCc2ccc(C(=O)O)c(-c3ccccc3)c2)cc1-c1ccccc1. The minimum Gasteiger partial charge on any atom is -0.478 e. The largest absolute Gasteiger partial charge is 0.478 e. The maximum Gasteiger partial charge on any atom is 0.336 e. The molecule has 0 saturated heterocycles. The molecule has 3 heteroatoms. The summed E-state index contributed by atoms with van der Waals surface area (Å²) in [5.74, 6) is -0.911. The van der Waals surface area contributed by atoms with Crippen LogP contribution in [-0.4, -0.2) is 11.1 Å². The third kappa shape index (κ3) is 4.90.